The number of nitrogens with zero attached hydrogens (tertiary/aromatic N) is 5. The minimum Gasteiger partial charge on any atom is -0.320 e. The fraction of sp³-hybridized carbons (Fsp3) is 0.261. The number of halogens is 6. The maximum atomic E-state index is 14.9. The summed E-state index contributed by atoms with van der Waals surface area (Å²) in [5.74, 6) is 3.27. The fourth-order valence-electron chi connectivity index (χ4n) is 3.74. The van der Waals surface area contributed by atoms with Gasteiger partial charge >= 0.3 is 0 Å². The van der Waals surface area contributed by atoms with Gasteiger partial charge in [0, 0.05) is 11.3 Å². The number of hydrogen-bond acceptors (Lipinski definition) is 4. The van der Waals surface area contributed by atoms with E-state index in [0.29, 0.717) is 0 Å². The van der Waals surface area contributed by atoms with Gasteiger partial charge in [-0.2, -0.15) is 4.98 Å². The van der Waals surface area contributed by atoms with Crippen LogP contribution in [0.25, 0.3) is 16.7 Å². The van der Waals surface area contributed by atoms with Gasteiger partial charge in [0.15, 0.2) is 0 Å². The third-order valence-corrected chi connectivity index (χ3v) is 5.64. The summed E-state index contributed by atoms with van der Waals surface area (Å²) in [6, 6.07) is 7.39. The highest BCUT2D eigenvalue weighted by Gasteiger charge is 2.50. The molecule has 0 amide bonds. The third-order valence-electron chi connectivity index (χ3n) is 5.64. The second kappa shape index (κ2) is 8.20. The Bertz CT molecular complexity index is 1450. The van der Waals surface area contributed by atoms with E-state index in [1.54, 1.807) is 6.07 Å². The zero-order valence-corrected chi connectivity index (χ0v) is 17.3. The summed E-state index contributed by atoms with van der Waals surface area (Å²) in [6.45, 7) is -0.946. The lowest BCUT2D eigenvalue weighted by molar-refractivity contribution is 0.0921. The monoisotopic (exact) mass is 475 g/mol. The lowest BCUT2D eigenvalue weighted by atomic mass is 10.1. The Labute approximate surface area is 189 Å². The molecule has 5 rings (SSSR count). The quantitative estimate of drug-likeness (QED) is 0.288. The number of aromatic nitrogens is 4. The van der Waals surface area contributed by atoms with Crippen LogP contribution < -0.4 is 4.90 Å². The van der Waals surface area contributed by atoms with Crippen LogP contribution in [0, 0.1) is 28.9 Å². The molecule has 0 atom stereocenters. The minimum atomic E-state index is -2.90. The first-order valence-electron chi connectivity index (χ1n) is 10.2. The van der Waals surface area contributed by atoms with E-state index in [1.165, 1.54) is 22.9 Å². The Balaban J connectivity index is 1.69. The summed E-state index contributed by atoms with van der Waals surface area (Å²) in [5.41, 5.74) is -1.22. The summed E-state index contributed by atoms with van der Waals surface area (Å²) in [6.07, 6.45) is -3.78. The summed E-state index contributed by atoms with van der Waals surface area (Å²) in [7, 11) is 0. The first-order chi connectivity index (χ1) is 16.3. The SMILES string of the molecule is Fc1cc(C#CC2(C(F)F)CC2)cc(N(CC(F)F)c2nc3nncn3c3cccc(F)c23)c1. The molecule has 11 heteroatoms. The minimum absolute atomic E-state index is 0.0227. The summed E-state index contributed by atoms with van der Waals surface area (Å²) in [5, 5.41) is 7.46. The summed E-state index contributed by atoms with van der Waals surface area (Å²) < 4.78 is 84.4. The lowest BCUT2D eigenvalue weighted by Crippen LogP contribution is -2.26. The van der Waals surface area contributed by atoms with Crippen LogP contribution in [-0.4, -0.2) is 39.0 Å². The van der Waals surface area contributed by atoms with Gasteiger partial charge in [0.25, 0.3) is 18.6 Å². The number of benzene rings is 2. The molecule has 1 saturated carbocycles. The zero-order valence-electron chi connectivity index (χ0n) is 17.3. The van der Waals surface area contributed by atoms with Gasteiger partial charge < -0.3 is 4.90 Å². The average molecular weight is 475 g/mol. The number of alkyl halides is 4. The van der Waals surface area contributed by atoms with Crippen LogP contribution in [0.1, 0.15) is 18.4 Å². The Hall–Kier alpha value is -3.81. The van der Waals surface area contributed by atoms with Gasteiger partial charge in [0.2, 0.25) is 0 Å². The number of hydrogen-bond donors (Lipinski definition) is 0. The van der Waals surface area contributed by atoms with E-state index in [-0.39, 0.29) is 46.6 Å². The molecule has 2 aromatic carbocycles. The molecular formula is C23H15F6N5. The van der Waals surface area contributed by atoms with Gasteiger partial charge in [-0.05, 0) is 43.2 Å². The van der Waals surface area contributed by atoms with Crippen molar-refractivity contribution in [3.8, 4) is 11.8 Å². The van der Waals surface area contributed by atoms with Gasteiger partial charge in [-0.15, -0.1) is 10.2 Å². The molecule has 0 bridgehead atoms. The van der Waals surface area contributed by atoms with Crippen molar-refractivity contribution in [2.45, 2.75) is 25.7 Å². The van der Waals surface area contributed by atoms with Crippen molar-refractivity contribution in [2.75, 3.05) is 11.4 Å². The van der Waals surface area contributed by atoms with Crippen LogP contribution in [0.3, 0.4) is 0 Å². The second-order valence-corrected chi connectivity index (χ2v) is 7.98. The molecule has 0 saturated heterocycles. The predicted octanol–water partition coefficient (Wildman–Crippen LogP) is 5.36. The van der Waals surface area contributed by atoms with Crippen molar-refractivity contribution in [1.82, 2.24) is 19.6 Å². The molecule has 1 aliphatic carbocycles. The molecule has 0 aliphatic heterocycles. The van der Waals surface area contributed by atoms with Crippen molar-refractivity contribution < 1.29 is 26.3 Å². The van der Waals surface area contributed by atoms with E-state index in [4.69, 9.17) is 0 Å². The highest BCUT2D eigenvalue weighted by Crippen LogP contribution is 2.50. The molecule has 174 valence electrons. The standard InChI is InChI=1S/C23H15F6N5/c24-14-8-13(4-5-23(6-7-23)21(28)29)9-15(10-14)33(11-18(26)27)20-19-16(25)2-1-3-17(19)34-12-30-32-22(34)31-20/h1-3,8-10,12,18,21H,6-7,11H2. The highest BCUT2D eigenvalue weighted by molar-refractivity contribution is 5.94. The van der Waals surface area contributed by atoms with E-state index in [0.717, 1.165) is 23.1 Å². The fourth-order valence-corrected chi connectivity index (χ4v) is 3.74. The van der Waals surface area contributed by atoms with E-state index in [2.05, 4.69) is 27.0 Å². The Morgan fingerprint density at radius 3 is 2.59 bits per heavy atom. The summed E-state index contributed by atoms with van der Waals surface area (Å²) in [4.78, 5) is 5.17. The first-order valence-corrected chi connectivity index (χ1v) is 10.2. The largest absolute Gasteiger partial charge is 0.320 e. The predicted molar refractivity (Wildman–Crippen MR) is 112 cm³/mol. The maximum absolute atomic E-state index is 14.9. The smallest absolute Gasteiger partial charge is 0.257 e. The van der Waals surface area contributed by atoms with Crippen molar-refractivity contribution in [1.29, 1.82) is 0 Å². The molecule has 2 heterocycles. The van der Waals surface area contributed by atoms with Crippen LogP contribution >= 0.6 is 0 Å². The lowest BCUT2D eigenvalue weighted by Gasteiger charge is -2.25. The molecule has 34 heavy (non-hydrogen) atoms. The Morgan fingerprint density at radius 1 is 1.09 bits per heavy atom. The average Bonchev–Trinajstić information content (AvgIpc) is 3.44. The van der Waals surface area contributed by atoms with E-state index >= 15 is 0 Å². The molecular weight excluding hydrogens is 460 g/mol. The maximum Gasteiger partial charge on any atom is 0.257 e. The van der Waals surface area contributed by atoms with Crippen molar-refractivity contribution in [3.63, 3.8) is 0 Å². The van der Waals surface area contributed by atoms with Gasteiger partial charge in [0.1, 0.15) is 23.8 Å². The molecule has 5 nitrogen and oxygen atoms in total. The van der Waals surface area contributed by atoms with E-state index < -0.39 is 36.4 Å². The van der Waals surface area contributed by atoms with Gasteiger partial charge in [-0.3, -0.25) is 4.40 Å². The van der Waals surface area contributed by atoms with Crippen LogP contribution in [0.4, 0.5) is 37.8 Å². The Kier molecular flexibility index (Phi) is 5.31. The van der Waals surface area contributed by atoms with E-state index in [1.807, 2.05) is 0 Å². The molecule has 4 aromatic rings. The van der Waals surface area contributed by atoms with Crippen LogP contribution in [0.5, 0.6) is 0 Å². The molecule has 0 unspecified atom stereocenters. The third kappa shape index (κ3) is 3.89. The molecule has 2 aromatic heterocycles. The van der Waals surface area contributed by atoms with Crippen molar-refractivity contribution >= 4 is 28.2 Å². The first kappa shape index (κ1) is 22.0. The number of rotatable bonds is 5. The van der Waals surface area contributed by atoms with Crippen molar-refractivity contribution in [2.24, 2.45) is 5.41 Å². The van der Waals surface area contributed by atoms with E-state index in [9.17, 15) is 26.3 Å². The molecule has 0 N–H and O–H groups in total. The molecule has 0 spiro atoms. The molecule has 1 aliphatic rings. The highest BCUT2D eigenvalue weighted by atomic mass is 19.3. The van der Waals surface area contributed by atoms with Gasteiger partial charge in [0.05, 0.1) is 22.9 Å². The molecule has 0 radical (unpaired) electrons. The number of anilines is 2. The van der Waals surface area contributed by atoms with Crippen LogP contribution in [0.15, 0.2) is 42.7 Å². The normalized spacial score (nSPS) is 14.6. The van der Waals surface area contributed by atoms with Crippen molar-refractivity contribution in [3.05, 3.63) is 59.9 Å². The second-order valence-electron chi connectivity index (χ2n) is 7.98. The summed E-state index contributed by atoms with van der Waals surface area (Å²) >= 11 is 0. The van der Waals surface area contributed by atoms with Crippen LogP contribution in [-0.2, 0) is 0 Å². The zero-order chi connectivity index (χ0) is 24.0. The topological polar surface area (TPSA) is 46.3 Å². The van der Waals surface area contributed by atoms with Crippen LogP contribution in [0.2, 0.25) is 0 Å². The van der Waals surface area contributed by atoms with Gasteiger partial charge in [-0.1, -0.05) is 17.9 Å². The number of fused-ring (bicyclic) bond motifs is 3. The van der Waals surface area contributed by atoms with Gasteiger partial charge in [-0.25, -0.2) is 26.3 Å². The molecule has 1 fully saturated rings. The Morgan fingerprint density at radius 2 is 1.88 bits per heavy atom.